The lowest BCUT2D eigenvalue weighted by Crippen LogP contribution is -2.07. The summed E-state index contributed by atoms with van der Waals surface area (Å²) in [6.45, 7) is 2.02. The summed E-state index contributed by atoms with van der Waals surface area (Å²) < 4.78 is 1.87. The van der Waals surface area contributed by atoms with Gasteiger partial charge in [0, 0.05) is 23.0 Å². The van der Waals surface area contributed by atoms with E-state index in [9.17, 15) is 4.79 Å². The van der Waals surface area contributed by atoms with Crippen molar-refractivity contribution in [2.75, 3.05) is 0 Å². The molecule has 4 rings (SSSR count). The highest BCUT2D eigenvalue weighted by molar-refractivity contribution is 6.30. The van der Waals surface area contributed by atoms with E-state index in [-0.39, 0.29) is 5.78 Å². The van der Waals surface area contributed by atoms with Crippen LogP contribution in [0.15, 0.2) is 83.0 Å². The van der Waals surface area contributed by atoms with E-state index in [1.54, 1.807) is 24.3 Å². The number of hydrogen-bond donors (Lipinski definition) is 0. The van der Waals surface area contributed by atoms with Crippen LogP contribution in [0, 0.1) is 6.92 Å². The number of nitrogens with zero attached hydrogens (tertiary/aromatic N) is 3. The monoisotopic (exact) mass is 387 g/mol. The minimum atomic E-state index is -0.117. The third kappa shape index (κ3) is 3.35. The van der Waals surface area contributed by atoms with Gasteiger partial charge in [0.1, 0.15) is 11.4 Å². The summed E-state index contributed by atoms with van der Waals surface area (Å²) in [7, 11) is 1.87. The molecule has 0 radical (unpaired) electrons. The number of rotatable bonds is 4. The fourth-order valence-corrected chi connectivity index (χ4v) is 3.32. The third-order valence-corrected chi connectivity index (χ3v) is 4.95. The molecule has 0 atom stereocenters. The number of hydrogen-bond acceptors (Lipinski definition) is 3. The van der Waals surface area contributed by atoms with Crippen LogP contribution in [0.4, 0.5) is 11.4 Å². The maximum absolute atomic E-state index is 13.3. The molecule has 0 spiro atoms. The fourth-order valence-electron chi connectivity index (χ4n) is 3.19. The van der Waals surface area contributed by atoms with E-state index < -0.39 is 0 Å². The Morgan fingerprint density at radius 2 is 1.57 bits per heavy atom. The number of fused-ring (bicyclic) bond motifs is 1. The average molecular weight is 388 g/mol. The Kier molecular flexibility index (Phi) is 4.80. The van der Waals surface area contributed by atoms with Gasteiger partial charge in [0.05, 0.1) is 11.2 Å². The van der Waals surface area contributed by atoms with Crippen LogP contribution in [0.2, 0.25) is 5.02 Å². The van der Waals surface area contributed by atoms with Crippen LogP contribution in [-0.2, 0) is 7.05 Å². The molecule has 0 bridgehead atoms. The van der Waals surface area contributed by atoms with Crippen molar-refractivity contribution in [3.05, 3.63) is 94.6 Å². The molecule has 0 aliphatic rings. The SMILES string of the molecule is Cc1ccc(N=Nc2c(C(=O)c3ccc(Cl)cc3)n(C)c3ccccc23)cc1. The third-order valence-electron chi connectivity index (χ3n) is 4.70. The molecule has 0 saturated heterocycles. The number of halogens is 1. The van der Waals surface area contributed by atoms with E-state index in [0.717, 1.165) is 22.2 Å². The lowest BCUT2D eigenvalue weighted by Gasteiger charge is -2.05. The second kappa shape index (κ2) is 7.41. The molecule has 1 heterocycles. The molecule has 1 aromatic heterocycles. The summed E-state index contributed by atoms with van der Waals surface area (Å²) in [6, 6.07) is 22.5. The Morgan fingerprint density at radius 1 is 0.893 bits per heavy atom. The number of azo groups is 1. The second-order valence-electron chi connectivity index (χ2n) is 6.64. The van der Waals surface area contributed by atoms with Gasteiger partial charge >= 0.3 is 0 Å². The van der Waals surface area contributed by atoms with Gasteiger partial charge in [-0.05, 0) is 49.4 Å². The summed E-state index contributed by atoms with van der Waals surface area (Å²) in [6.07, 6.45) is 0. The molecule has 5 heteroatoms. The molecule has 3 aromatic carbocycles. The van der Waals surface area contributed by atoms with E-state index in [1.807, 2.05) is 67.1 Å². The summed E-state index contributed by atoms with van der Waals surface area (Å²) in [5, 5.41) is 10.3. The number of aryl methyl sites for hydroxylation is 2. The van der Waals surface area contributed by atoms with Crippen molar-refractivity contribution >= 4 is 39.7 Å². The van der Waals surface area contributed by atoms with Crippen molar-refractivity contribution < 1.29 is 4.79 Å². The predicted octanol–water partition coefficient (Wildman–Crippen LogP) is 6.79. The molecule has 0 unspecified atom stereocenters. The number of para-hydroxylation sites is 1. The zero-order chi connectivity index (χ0) is 19.7. The number of carbonyl (C=O) groups excluding carboxylic acids is 1. The van der Waals surface area contributed by atoms with Crippen LogP contribution in [0.1, 0.15) is 21.6 Å². The van der Waals surface area contributed by atoms with Crippen molar-refractivity contribution in [1.82, 2.24) is 4.57 Å². The summed E-state index contributed by atoms with van der Waals surface area (Å²) in [5.74, 6) is -0.117. The van der Waals surface area contributed by atoms with Gasteiger partial charge in [0.2, 0.25) is 5.78 Å². The van der Waals surface area contributed by atoms with Gasteiger partial charge in [-0.25, -0.2) is 0 Å². The van der Waals surface area contributed by atoms with Gasteiger partial charge in [-0.3, -0.25) is 4.79 Å². The molecular weight excluding hydrogens is 370 g/mol. The lowest BCUT2D eigenvalue weighted by molar-refractivity contribution is 0.103. The minimum absolute atomic E-state index is 0.117. The summed E-state index contributed by atoms with van der Waals surface area (Å²) in [5.41, 5.74) is 4.45. The first-order valence-corrected chi connectivity index (χ1v) is 9.28. The highest BCUT2D eigenvalue weighted by Gasteiger charge is 2.22. The Labute approximate surface area is 168 Å². The molecule has 138 valence electrons. The summed E-state index contributed by atoms with van der Waals surface area (Å²) >= 11 is 5.97. The first-order chi connectivity index (χ1) is 13.5. The lowest BCUT2D eigenvalue weighted by atomic mass is 10.1. The van der Waals surface area contributed by atoms with Gasteiger partial charge in [-0.2, -0.15) is 5.11 Å². The van der Waals surface area contributed by atoms with Crippen molar-refractivity contribution in [2.24, 2.45) is 17.3 Å². The highest BCUT2D eigenvalue weighted by Crippen LogP contribution is 2.35. The Balaban J connectivity index is 1.86. The quantitative estimate of drug-likeness (QED) is 0.281. The van der Waals surface area contributed by atoms with E-state index in [2.05, 4.69) is 10.2 Å². The maximum atomic E-state index is 13.3. The fraction of sp³-hybridized carbons (Fsp3) is 0.0870. The Morgan fingerprint density at radius 3 is 2.29 bits per heavy atom. The normalized spacial score (nSPS) is 11.4. The zero-order valence-electron chi connectivity index (χ0n) is 15.6. The van der Waals surface area contributed by atoms with Gasteiger partial charge < -0.3 is 4.57 Å². The van der Waals surface area contributed by atoms with Crippen molar-refractivity contribution in [2.45, 2.75) is 6.92 Å². The average Bonchev–Trinajstić information content (AvgIpc) is 3.00. The van der Waals surface area contributed by atoms with Crippen molar-refractivity contribution in [1.29, 1.82) is 0 Å². The summed E-state index contributed by atoms with van der Waals surface area (Å²) in [4.78, 5) is 13.3. The molecule has 28 heavy (non-hydrogen) atoms. The van der Waals surface area contributed by atoms with Gasteiger partial charge in [0.15, 0.2) is 0 Å². The van der Waals surface area contributed by atoms with Crippen LogP contribution < -0.4 is 0 Å². The van der Waals surface area contributed by atoms with Crippen molar-refractivity contribution in [3.8, 4) is 0 Å². The predicted molar refractivity (Wildman–Crippen MR) is 113 cm³/mol. The second-order valence-corrected chi connectivity index (χ2v) is 7.08. The van der Waals surface area contributed by atoms with E-state index >= 15 is 0 Å². The van der Waals surface area contributed by atoms with Gasteiger partial charge in [-0.15, -0.1) is 5.11 Å². The molecule has 4 aromatic rings. The first kappa shape index (κ1) is 18.1. The van der Waals surface area contributed by atoms with Crippen LogP contribution in [0.25, 0.3) is 10.9 Å². The van der Waals surface area contributed by atoms with Gasteiger partial charge in [0.25, 0.3) is 0 Å². The van der Waals surface area contributed by atoms with Crippen LogP contribution in [-0.4, -0.2) is 10.4 Å². The molecule has 0 fully saturated rings. The topological polar surface area (TPSA) is 46.7 Å². The molecule has 0 aliphatic heterocycles. The van der Waals surface area contributed by atoms with E-state index in [4.69, 9.17) is 11.6 Å². The molecule has 0 aliphatic carbocycles. The number of benzene rings is 3. The van der Waals surface area contributed by atoms with Gasteiger partial charge in [-0.1, -0.05) is 47.5 Å². The molecule has 0 saturated carbocycles. The molecule has 0 N–H and O–H groups in total. The number of aromatic nitrogens is 1. The number of carbonyl (C=O) groups is 1. The highest BCUT2D eigenvalue weighted by atomic mass is 35.5. The minimum Gasteiger partial charge on any atom is -0.339 e. The van der Waals surface area contributed by atoms with Crippen molar-refractivity contribution in [3.63, 3.8) is 0 Å². The maximum Gasteiger partial charge on any atom is 0.211 e. The first-order valence-electron chi connectivity index (χ1n) is 8.90. The van der Waals surface area contributed by atoms with E-state index in [1.165, 1.54) is 0 Å². The Hall–Kier alpha value is -3.24. The molecule has 0 amide bonds. The zero-order valence-corrected chi connectivity index (χ0v) is 16.3. The van der Waals surface area contributed by atoms with Crippen LogP contribution in [0.3, 0.4) is 0 Å². The van der Waals surface area contributed by atoms with Crippen LogP contribution in [0.5, 0.6) is 0 Å². The standard InChI is InChI=1S/C23H18ClN3O/c1-15-7-13-18(14-8-15)25-26-21-19-5-3-4-6-20(19)27(2)22(21)23(28)16-9-11-17(24)12-10-16/h3-14H,1-2H3. The largest absolute Gasteiger partial charge is 0.339 e. The number of ketones is 1. The van der Waals surface area contributed by atoms with Crippen LogP contribution >= 0.6 is 11.6 Å². The smallest absolute Gasteiger partial charge is 0.211 e. The van der Waals surface area contributed by atoms with E-state index in [0.29, 0.717) is 22.0 Å². The molecular formula is C23H18ClN3O. The molecule has 4 nitrogen and oxygen atoms in total. The Bertz CT molecular complexity index is 1190.